The second kappa shape index (κ2) is 5.31. The van der Waals surface area contributed by atoms with Gasteiger partial charge in [0.1, 0.15) is 5.82 Å². The van der Waals surface area contributed by atoms with E-state index < -0.39 is 5.82 Å². The van der Waals surface area contributed by atoms with E-state index >= 15 is 0 Å². The fourth-order valence-corrected chi connectivity index (χ4v) is 1.55. The van der Waals surface area contributed by atoms with E-state index in [0.29, 0.717) is 5.56 Å². The molecule has 2 rings (SSSR count). The summed E-state index contributed by atoms with van der Waals surface area (Å²) in [6, 6.07) is 13.0. The van der Waals surface area contributed by atoms with Gasteiger partial charge in [0.2, 0.25) is 0 Å². The Morgan fingerprint density at radius 3 is 2.33 bits per heavy atom. The van der Waals surface area contributed by atoms with Crippen LogP contribution in [-0.4, -0.2) is 13.0 Å². The normalized spacial score (nSPS) is 9.89. The van der Waals surface area contributed by atoms with E-state index in [-0.39, 0.29) is 11.6 Å². The molecule has 4 heteroatoms. The Kier molecular flexibility index (Phi) is 3.57. The second-order valence-corrected chi connectivity index (χ2v) is 3.76. The Labute approximate surface area is 105 Å². The molecule has 0 fully saturated rings. The minimum atomic E-state index is -0.447. The molecule has 92 valence electrons. The molecule has 1 amide bonds. The minimum absolute atomic E-state index is 0.181. The maximum Gasteiger partial charge on any atom is 0.255 e. The molecule has 0 heterocycles. The lowest BCUT2D eigenvalue weighted by atomic mass is 10.2. The molecule has 0 unspecified atom stereocenters. The van der Waals surface area contributed by atoms with Gasteiger partial charge >= 0.3 is 0 Å². The van der Waals surface area contributed by atoms with Gasteiger partial charge in [-0.25, -0.2) is 4.39 Å². The first kappa shape index (κ1) is 12.1. The summed E-state index contributed by atoms with van der Waals surface area (Å²) in [4.78, 5) is 11.9. The molecule has 0 radical (unpaired) electrons. The fourth-order valence-electron chi connectivity index (χ4n) is 1.55. The average molecular weight is 244 g/mol. The molecule has 0 aliphatic heterocycles. The van der Waals surface area contributed by atoms with E-state index in [1.165, 1.54) is 12.1 Å². The predicted octanol–water partition coefficient (Wildman–Crippen LogP) is 3.12. The monoisotopic (exact) mass is 244 g/mol. The van der Waals surface area contributed by atoms with Gasteiger partial charge in [-0.15, -0.1) is 0 Å². The van der Waals surface area contributed by atoms with E-state index in [9.17, 15) is 9.18 Å². The van der Waals surface area contributed by atoms with E-state index in [0.717, 1.165) is 5.69 Å². The molecule has 2 aromatic rings. The highest BCUT2D eigenvalue weighted by Crippen LogP contribution is 2.15. The van der Waals surface area contributed by atoms with Gasteiger partial charge in [0.25, 0.3) is 5.91 Å². The molecule has 2 aromatic carbocycles. The van der Waals surface area contributed by atoms with Crippen LogP contribution < -0.4 is 10.6 Å². The Morgan fingerprint density at radius 2 is 1.72 bits per heavy atom. The zero-order valence-corrected chi connectivity index (χ0v) is 9.91. The standard InChI is InChI=1S/C14H13FN2O/c1-16-11-8-6-10(7-9-11)14(18)17-13-5-3-2-4-12(13)15/h2-9,16H,1H3,(H,17,18). The van der Waals surface area contributed by atoms with E-state index in [2.05, 4.69) is 10.6 Å². The molecule has 0 aliphatic carbocycles. The van der Waals surface area contributed by atoms with Gasteiger partial charge in [-0.1, -0.05) is 12.1 Å². The van der Waals surface area contributed by atoms with Gasteiger partial charge in [-0.2, -0.15) is 0 Å². The molecular formula is C14H13FN2O. The number of carbonyl (C=O) groups excluding carboxylic acids is 1. The summed E-state index contributed by atoms with van der Waals surface area (Å²) in [5, 5.41) is 5.49. The Hall–Kier alpha value is -2.36. The summed E-state index contributed by atoms with van der Waals surface area (Å²) in [6.07, 6.45) is 0. The first-order valence-electron chi connectivity index (χ1n) is 5.54. The van der Waals surface area contributed by atoms with E-state index in [4.69, 9.17) is 0 Å². The Balaban J connectivity index is 2.14. The summed E-state index contributed by atoms with van der Waals surface area (Å²) < 4.78 is 13.4. The van der Waals surface area contributed by atoms with Crippen LogP contribution in [0.15, 0.2) is 48.5 Å². The quantitative estimate of drug-likeness (QED) is 0.871. The lowest BCUT2D eigenvalue weighted by Gasteiger charge is -2.06. The van der Waals surface area contributed by atoms with Gasteiger partial charge in [-0.05, 0) is 36.4 Å². The molecule has 0 bridgehead atoms. The zero-order chi connectivity index (χ0) is 13.0. The number of hydrogen-bond acceptors (Lipinski definition) is 2. The molecule has 2 N–H and O–H groups in total. The lowest BCUT2D eigenvalue weighted by molar-refractivity contribution is 0.102. The Bertz CT molecular complexity index is 552. The predicted molar refractivity (Wildman–Crippen MR) is 70.3 cm³/mol. The molecule has 0 saturated heterocycles. The fraction of sp³-hybridized carbons (Fsp3) is 0.0714. The van der Waals surface area contributed by atoms with Crippen molar-refractivity contribution in [3.05, 3.63) is 59.9 Å². The molecule has 0 spiro atoms. The van der Waals surface area contributed by atoms with Gasteiger partial charge in [-0.3, -0.25) is 4.79 Å². The Morgan fingerprint density at radius 1 is 1.06 bits per heavy atom. The number of hydrogen-bond donors (Lipinski definition) is 2. The summed E-state index contributed by atoms with van der Waals surface area (Å²) in [5.74, 6) is -0.777. The molecular weight excluding hydrogens is 231 g/mol. The molecule has 0 atom stereocenters. The summed E-state index contributed by atoms with van der Waals surface area (Å²) in [6.45, 7) is 0. The smallest absolute Gasteiger partial charge is 0.255 e. The number of rotatable bonds is 3. The van der Waals surface area contributed by atoms with Crippen LogP contribution in [-0.2, 0) is 0 Å². The highest BCUT2D eigenvalue weighted by Gasteiger charge is 2.08. The van der Waals surface area contributed by atoms with Gasteiger partial charge in [0.15, 0.2) is 0 Å². The number of halogens is 1. The van der Waals surface area contributed by atoms with Crippen molar-refractivity contribution in [3.8, 4) is 0 Å². The van der Waals surface area contributed by atoms with Crippen LogP contribution in [0.5, 0.6) is 0 Å². The highest BCUT2D eigenvalue weighted by atomic mass is 19.1. The topological polar surface area (TPSA) is 41.1 Å². The van der Waals surface area contributed by atoms with Crippen LogP contribution in [0.25, 0.3) is 0 Å². The van der Waals surface area contributed by atoms with Crippen molar-refractivity contribution in [2.75, 3.05) is 17.7 Å². The van der Waals surface area contributed by atoms with Crippen LogP contribution in [0.4, 0.5) is 15.8 Å². The van der Waals surface area contributed by atoms with Gasteiger partial charge in [0, 0.05) is 18.3 Å². The van der Waals surface area contributed by atoms with Crippen molar-refractivity contribution in [1.29, 1.82) is 0 Å². The molecule has 0 saturated carbocycles. The number of carbonyl (C=O) groups is 1. The highest BCUT2D eigenvalue weighted by molar-refractivity contribution is 6.04. The third-order valence-electron chi connectivity index (χ3n) is 2.56. The second-order valence-electron chi connectivity index (χ2n) is 3.76. The maximum atomic E-state index is 13.4. The van der Waals surface area contributed by atoms with Crippen LogP contribution in [0.2, 0.25) is 0 Å². The number of anilines is 2. The van der Waals surface area contributed by atoms with Crippen molar-refractivity contribution in [1.82, 2.24) is 0 Å². The largest absolute Gasteiger partial charge is 0.388 e. The maximum absolute atomic E-state index is 13.4. The first-order chi connectivity index (χ1) is 8.70. The average Bonchev–Trinajstić information content (AvgIpc) is 2.41. The third kappa shape index (κ3) is 2.66. The van der Waals surface area contributed by atoms with Crippen molar-refractivity contribution in [2.45, 2.75) is 0 Å². The number of para-hydroxylation sites is 1. The summed E-state index contributed by atoms with van der Waals surface area (Å²) >= 11 is 0. The van der Waals surface area contributed by atoms with Gasteiger partial charge < -0.3 is 10.6 Å². The molecule has 18 heavy (non-hydrogen) atoms. The van der Waals surface area contributed by atoms with Gasteiger partial charge in [0.05, 0.1) is 5.69 Å². The third-order valence-corrected chi connectivity index (χ3v) is 2.56. The van der Waals surface area contributed by atoms with E-state index in [1.54, 1.807) is 43.4 Å². The SMILES string of the molecule is CNc1ccc(C(=O)Nc2ccccc2F)cc1. The molecule has 0 aliphatic rings. The number of amides is 1. The molecule has 3 nitrogen and oxygen atoms in total. The summed E-state index contributed by atoms with van der Waals surface area (Å²) in [7, 11) is 1.80. The zero-order valence-electron chi connectivity index (χ0n) is 9.91. The number of benzene rings is 2. The van der Waals surface area contributed by atoms with Crippen molar-refractivity contribution >= 4 is 17.3 Å². The van der Waals surface area contributed by atoms with Crippen LogP contribution in [0.3, 0.4) is 0 Å². The molecule has 0 aromatic heterocycles. The lowest BCUT2D eigenvalue weighted by Crippen LogP contribution is -2.12. The van der Waals surface area contributed by atoms with Crippen LogP contribution in [0, 0.1) is 5.82 Å². The number of nitrogens with one attached hydrogen (secondary N) is 2. The van der Waals surface area contributed by atoms with Crippen molar-refractivity contribution in [3.63, 3.8) is 0 Å². The van der Waals surface area contributed by atoms with E-state index in [1.807, 2.05) is 0 Å². The minimum Gasteiger partial charge on any atom is -0.388 e. The van der Waals surface area contributed by atoms with Crippen molar-refractivity contribution < 1.29 is 9.18 Å². The summed E-state index contributed by atoms with van der Waals surface area (Å²) in [5.41, 5.74) is 1.58. The van der Waals surface area contributed by atoms with Crippen LogP contribution >= 0.6 is 0 Å². The van der Waals surface area contributed by atoms with Crippen molar-refractivity contribution in [2.24, 2.45) is 0 Å². The van der Waals surface area contributed by atoms with Crippen LogP contribution in [0.1, 0.15) is 10.4 Å². The first-order valence-corrected chi connectivity index (χ1v) is 5.54.